The molecule has 4 nitrogen and oxygen atoms in total. The molecular weight excluding hydrogens is 204 g/mol. The van der Waals surface area contributed by atoms with E-state index in [2.05, 4.69) is 10.3 Å². The van der Waals surface area contributed by atoms with Crippen molar-refractivity contribution in [2.45, 2.75) is 12.8 Å². The van der Waals surface area contributed by atoms with E-state index in [9.17, 15) is 5.11 Å². The molecular formula is C12H14N2O2. The number of oxazole rings is 1. The van der Waals surface area contributed by atoms with Crippen molar-refractivity contribution in [3.63, 3.8) is 0 Å². The number of aromatic nitrogens is 1. The summed E-state index contributed by atoms with van der Waals surface area (Å²) in [5, 5.41) is 13.4. The number of hydrogen-bond donors (Lipinski definition) is 2. The zero-order chi connectivity index (χ0) is 11.0. The van der Waals surface area contributed by atoms with Crippen molar-refractivity contribution in [3.05, 3.63) is 24.1 Å². The number of nitrogens with one attached hydrogen (secondary N) is 1. The highest BCUT2D eigenvalue weighted by Gasteiger charge is 2.18. The van der Waals surface area contributed by atoms with E-state index in [4.69, 9.17) is 4.42 Å². The standard InChI is InChI=1S/C12H14N2O2/c15-11-9(5-8-3-4-13-6-8)1-2-10-12(11)16-7-14-10/h1-2,7-8,13,15H,3-6H2. The predicted octanol–water partition coefficient (Wildman–Crippen LogP) is 1.69. The monoisotopic (exact) mass is 218 g/mol. The lowest BCUT2D eigenvalue weighted by Crippen LogP contribution is -2.10. The molecule has 1 fully saturated rings. The van der Waals surface area contributed by atoms with Crippen LogP contribution >= 0.6 is 0 Å². The summed E-state index contributed by atoms with van der Waals surface area (Å²) in [4.78, 5) is 4.01. The number of benzene rings is 1. The van der Waals surface area contributed by atoms with Crippen LogP contribution in [0.2, 0.25) is 0 Å². The SMILES string of the molecule is Oc1c(CC2CCNC2)ccc2ncoc12. The lowest BCUT2D eigenvalue weighted by atomic mass is 9.98. The molecule has 0 aliphatic carbocycles. The van der Waals surface area contributed by atoms with Gasteiger partial charge in [-0.05, 0) is 43.5 Å². The molecule has 1 aromatic carbocycles. The van der Waals surface area contributed by atoms with Crippen molar-refractivity contribution >= 4 is 11.1 Å². The number of phenolic OH excluding ortho intramolecular Hbond substituents is 1. The van der Waals surface area contributed by atoms with Gasteiger partial charge in [-0.1, -0.05) is 6.07 Å². The summed E-state index contributed by atoms with van der Waals surface area (Å²) >= 11 is 0. The van der Waals surface area contributed by atoms with Crippen LogP contribution in [0, 0.1) is 5.92 Å². The Hall–Kier alpha value is -1.55. The first kappa shape index (κ1) is 9.66. The highest BCUT2D eigenvalue weighted by molar-refractivity contribution is 5.80. The first-order chi connectivity index (χ1) is 7.84. The van der Waals surface area contributed by atoms with Gasteiger partial charge >= 0.3 is 0 Å². The minimum Gasteiger partial charge on any atom is -0.504 e. The largest absolute Gasteiger partial charge is 0.504 e. The van der Waals surface area contributed by atoms with Crippen molar-refractivity contribution in [2.24, 2.45) is 5.92 Å². The minimum absolute atomic E-state index is 0.252. The van der Waals surface area contributed by atoms with Crippen molar-refractivity contribution < 1.29 is 9.52 Å². The topological polar surface area (TPSA) is 58.3 Å². The van der Waals surface area contributed by atoms with Crippen molar-refractivity contribution in [1.29, 1.82) is 0 Å². The molecule has 2 N–H and O–H groups in total. The van der Waals surface area contributed by atoms with E-state index in [1.54, 1.807) is 0 Å². The smallest absolute Gasteiger partial charge is 0.196 e. The Morgan fingerprint density at radius 3 is 3.25 bits per heavy atom. The van der Waals surface area contributed by atoms with E-state index in [1.165, 1.54) is 12.8 Å². The fourth-order valence-corrected chi connectivity index (χ4v) is 2.32. The van der Waals surface area contributed by atoms with Gasteiger partial charge in [0.1, 0.15) is 5.52 Å². The Balaban J connectivity index is 1.93. The average Bonchev–Trinajstić information content (AvgIpc) is 2.93. The van der Waals surface area contributed by atoms with Crippen LogP contribution in [-0.4, -0.2) is 23.2 Å². The minimum atomic E-state index is 0.252. The molecule has 1 unspecified atom stereocenters. The molecule has 1 saturated heterocycles. The van der Waals surface area contributed by atoms with Crippen LogP contribution in [-0.2, 0) is 6.42 Å². The maximum Gasteiger partial charge on any atom is 0.196 e. The van der Waals surface area contributed by atoms with Gasteiger partial charge in [-0.15, -0.1) is 0 Å². The number of aromatic hydroxyl groups is 1. The first-order valence-electron chi connectivity index (χ1n) is 5.59. The second kappa shape index (κ2) is 3.79. The fraction of sp³-hybridized carbons (Fsp3) is 0.417. The molecule has 0 amide bonds. The van der Waals surface area contributed by atoms with Gasteiger partial charge in [0.2, 0.25) is 0 Å². The van der Waals surface area contributed by atoms with Gasteiger partial charge in [0, 0.05) is 0 Å². The molecule has 2 heterocycles. The van der Waals surface area contributed by atoms with E-state index in [0.29, 0.717) is 17.0 Å². The van der Waals surface area contributed by atoms with E-state index in [1.807, 2.05) is 12.1 Å². The third-order valence-corrected chi connectivity index (χ3v) is 3.23. The molecule has 0 radical (unpaired) electrons. The van der Waals surface area contributed by atoms with Crippen LogP contribution in [0.4, 0.5) is 0 Å². The van der Waals surface area contributed by atoms with Gasteiger partial charge in [-0.2, -0.15) is 0 Å². The second-order valence-corrected chi connectivity index (χ2v) is 4.34. The zero-order valence-electron chi connectivity index (χ0n) is 8.94. The van der Waals surface area contributed by atoms with Crippen LogP contribution in [0.1, 0.15) is 12.0 Å². The molecule has 3 rings (SSSR count). The lowest BCUT2D eigenvalue weighted by molar-refractivity contribution is 0.450. The van der Waals surface area contributed by atoms with Crippen LogP contribution < -0.4 is 5.32 Å². The van der Waals surface area contributed by atoms with E-state index >= 15 is 0 Å². The lowest BCUT2D eigenvalue weighted by Gasteiger charge is -2.09. The molecule has 4 heteroatoms. The third kappa shape index (κ3) is 1.55. The summed E-state index contributed by atoms with van der Waals surface area (Å²) in [5.41, 5.74) is 2.17. The molecule has 1 aliphatic rings. The summed E-state index contributed by atoms with van der Waals surface area (Å²) in [5.74, 6) is 0.869. The van der Waals surface area contributed by atoms with Gasteiger partial charge in [-0.3, -0.25) is 0 Å². The van der Waals surface area contributed by atoms with Gasteiger partial charge < -0.3 is 14.8 Å². The van der Waals surface area contributed by atoms with Gasteiger partial charge in [0.25, 0.3) is 0 Å². The fourth-order valence-electron chi connectivity index (χ4n) is 2.32. The van der Waals surface area contributed by atoms with Crippen LogP contribution in [0.25, 0.3) is 11.1 Å². The van der Waals surface area contributed by atoms with Crippen LogP contribution in [0.5, 0.6) is 5.75 Å². The normalized spacial score (nSPS) is 20.6. The summed E-state index contributed by atoms with van der Waals surface area (Å²) in [6.45, 7) is 2.11. The van der Waals surface area contributed by atoms with Gasteiger partial charge in [0.05, 0.1) is 0 Å². The number of rotatable bonds is 2. The summed E-state index contributed by atoms with van der Waals surface area (Å²) in [6.07, 6.45) is 3.44. The maximum atomic E-state index is 10.0. The van der Waals surface area contributed by atoms with Crippen molar-refractivity contribution in [1.82, 2.24) is 10.3 Å². The molecule has 1 aromatic heterocycles. The Bertz CT molecular complexity index is 501. The Kier molecular flexibility index (Phi) is 2.29. The second-order valence-electron chi connectivity index (χ2n) is 4.34. The average molecular weight is 218 g/mol. The van der Waals surface area contributed by atoms with Crippen LogP contribution in [0.3, 0.4) is 0 Å². The summed E-state index contributed by atoms with van der Waals surface area (Å²) < 4.78 is 5.18. The number of fused-ring (bicyclic) bond motifs is 1. The number of hydrogen-bond acceptors (Lipinski definition) is 4. The highest BCUT2D eigenvalue weighted by Crippen LogP contribution is 2.30. The summed E-state index contributed by atoms with van der Waals surface area (Å²) in [6, 6.07) is 3.84. The molecule has 0 bridgehead atoms. The van der Waals surface area contributed by atoms with Crippen molar-refractivity contribution in [3.8, 4) is 5.75 Å². The zero-order valence-corrected chi connectivity index (χ0v) is 8.94. The van der Waals surface area contributed by atoms with E-state index in [-0.39, 0.29) is 5.75 Å². The Morgan fingerprint density at radius 2 is 2.44 bits per heavy atom. The molecule has 1 aliphatic heterocycles. The molecule has 16 heavy (non-hydrogen) atoms. The summed E-state index contributed by atoms with van der Waals surface area (Å²) in [7, 11) is 0. The molecule has 84 valence electrons. The van der Waals surface area contributed by atoms with E-state index in [0.717, 1.165) is 25.1 Å². The van der Waals surface area contributed by atoms with Gasteiger partial charge in [0.15, 0.2) is 17.7 Å². The van der Waals surface area contributed by atoms with Crippen LogP contribution in [0.15, 0.2) is 22.9 Å². The third-order valence-electron chi connectivity index (χ3n) is 3.23. The molecule has 0 saturated carbocycles. The number of phenols is 1. The van der Waals surface area contributed by atoms with Gasteiger partial charge in [-0.25, -0.2) is 4.98 Å². The van der Waals surface area contributed by atoms with Crippen molar-refractivity contribution in [2.75, 3.05) is 13.1 Å². The Labute approximate surface area is 93.3 Å². The predicted molar refractivity (Wildman–Crippen MR) is 60.4 cm³/mol. The Morgan fingerprint density at radius 1 is 1.50 bits per heavy atom. The number of nitrogens with zero attached hydrogens (tertiary/aromatic N) is 1. The highest BCUT2D eigenvalue weighted by atomic mass is 16.4. The molecule has 2 aromatic rings. The first-order valence-corrected chi connectivity index (χ1v) is 5.59. The quantitative estimate of drug-likeness (QED) is 0.805. The van der Waals surface area contributed by atoms with E-state index < -0.39 is 0 Å². The maximum absolute atomic E-state index is 10.0. The molecule has 0 spiro atoms. The molecule has 1 atom stereocenters.